The fourth-order valence-corrected chi connectivity index (χ4v) is 8.07. The highest BCUT2D eigenvalue weighted by Gasteiger charge is 2.83. The molecule has 6 aliphatic rings. The first-order chi connectivity index (χ1) is 11.6. The Kier molecular flexibility index (Phi) is 3.01. The van der Waals surface area contributed by atoms with Crippen LogP contribution in [0.2, 0.25) is 0 Å². The van der Waals surface area contributed by atoms with Crippen molar-refractivity contribution in [2.75, 3.05) is 6.61 Å². The van der Waals surface area contributed by atoms with Gasteiger partial charge in [-0.25, -0.2) is 0 Å². The lowest BCUT2D eigenvalue weighted by atomic mass is 9.36. The van der Waals surface area contributed by atoms with Crippen molar-refractivity contribution in [1.29, 1.82) is 0 Å². The molecular weight excluding hydrogens is 320 g/mol. The molecule has 140 valence electrons. The van der Waals surface area contributed by atoms with Crippen LogP contribution in [0, 0.1) is 34.0 Å². The molecule has 0 amide bonds. The number of fused-ring (bicyclic) bond motifs is 2. The fraction of sp³-hybridized carbons (Fsp3) is 0.900. The summed E-state index contributed by atoms with van der Waals surface area (Å²) in [4.78, 5) is 0. The van der Waals surface area contributed by atoms with Gasteiger partial charge < -0.3 is 25.2 Å². The van der Waals surface area contributed by atoms with Crippen LogP contribution in [0.3, 0.4) is 0 Å². The molecule has 5 nitrogen and oxygen atoms in total. The Morgan fingerprint density at radius 3 is 2.56 bits per heavy atom. The molecule has 6 rings (SSSR count). The minimum absolute atomic E-state index is 0.0628. The second kappa shape index (κ2) is 4.50. The van der Waals surface area contributed by atoms with Gasteiger partial charge >= 0.3 is 0 Å². The summed E-state index contributed by atoms with van der Waals surface area (Å²) in [5, 5.41) is 45.3. The highest BCUT2D eigenvalue weighted by Crippen LogP contribution is 2.77. The van der Waals surface area contributed by atoms with E-state index in [0.29, 0.717) is 12.8 Å². The maximum Gasteiger partial charge on any atom is 0.201 e. The van der Waals surface area contributed by atoms with Gasteiger partial charge in [-0.2, -0.15) is 0 Å². The van der Waals surface area contributed by atoms with E-state index in [0.717, 1.165) is 24.8 Å². The van der Waals surface area contributed by atoms with Gasteiger partial charge in [0.25, 0.3) is 0 Å². The van der Waals surface area contributed by atoms with Crippen molar-refractivity contribution in [1.82, 2.24) is 0 Å². The number of aliphatic hydroxyl groups is 4. The van der Waals surface area contributed by atoms with Crippen LogP contribution >= 0.6 is 0 Å². The van der Waals surface area contributed by atoms with E-state index in [4.69, 9.17) is 4.74 Å². The zero-order valence-electron chi connectivity index (χ0n) is 15.1. The lowest BCUT2D eigenvalue weighted by molar-refractivity contribution is -0.466. The summed E-state index contributed by atoms with van der Waals surface area (Å²) in [6.07, 6.45) is 1.26. The molecule has 4 bridgehead atoms. The predicted octanol–water partition coefficient (Wildman–Crippen LogP) is 1.20. The first-order valence-electron chi connectivity index (χ1n) is 9.72. The van der Waals surface area contributed by atoms with E-state index in [9.17, 15) is 20.4 Å². The molecule has 0 unspecified atom stereocenters. The molecule has 0 aromatic heterocycles. The van der Waals surface area contributed by atoms with Gasteiger partial charge in [0.1, 0.15) is 6.10 Å². The molecule has 5 heteroatoms. The van der Waals surface area contributed by atoms with Crippen molar-refractivity contribution in [3.05, 3.63) is 12.2 Å². The Balaban J connectivity index is 1.77. The number of aliphatic hydroxyl groups excluding tert-OH is 3. The van der Waals surface area contributed by atoms with Crippen molar-refractivity contribution in [2.24, 2.45) is 34.0 Å². The third-order valence-corrected chi connectivity index (χ3v) is 9.05. The van der Waals surface area contributed by atoms with E-state index in [2.05, 4.69) is 20.4 Å². The van der Waals surface area contributed by atoms with E-state index in [1.165, 1.54) is 0 Å². The van der Waals surface area contributed by atoms with Gasteiger partial charge in [-0.1, -0.05) is 20.4 Å². The van der Waals surface area contributed by atoms with Gasteiger partial charge in [0.15, 0.2) is 0 Å². The van der Waals surface area contributed by atoms with E-state index in [-0.39, 0.29) is 29.8 Å². The molecule has 25 heavy (non-hydrogen) atoms. The standard InChI is InChI=1S/C20H30O5/c1-10-11-4-5-12-18-9-25-20(24,19(12,8-11)15(10)22)16(23)14(18)17(2,3)7-6-13(18)21/h11-16,21-24H,1,4-9H2,2-3H3/t11-,12+,13+,14-,15-,16+,18-,19+,20-/m1/s1. The molecule has 4 saturated carbocycles. The molecule has 2 heterocycles. The molecule has 2 aliphatic heterocycles. The largest absolute Gasteiger partial charge is 0.392 e. The molecule has 0 aromatic rings. The average Bonchev–Trinajstić information content (AvgIpc) is 2.75. The first kappa shape index (κ1) is 16.7. The molecule has 2 saturated heterocycles. The SMILES string of the molecule is C=C1[C@@H]2CC[C@H]3[C@@]45CO[C@](O)([C@@H](O)[C@@H]4C(C)(C)CC[C@@H]5O)[C@]3(C2)[C@@H]1O. The summed E-state index contributed by atoms with van der Waals surface area (Å²) >= 11 is 0. The zero-order chi connectivity index (χ0) is 18.0. The normalized spacial score (nSPS) is 61.8. The number of rotatable bonds is 0. The molecule has 9 atom stereocenters. The van der Waals surface area contributed by atoms with Crippen molar-refractivity contribution in [3.8, 4) is 0 Å². The quantitative estimate of drug-likeness (QED) is 0.493. The minimum Gasteiger partial charge on any atom is -0.392 e. The average molecular weight is 350 g/mol. The Morgan fingerprint density at radius 2 is 1.84 bits per heavy atom. The van der Waals surface area contributed by atoms with Crippen LogP contribution in [-0.4, -0.2) is 51.1 Å². The highest BCUT2D eigenvalue weighted by molar-refractivity contribution is 5.35. The molecule has 2 spiro atoms. The van der Waals surface area contributed by atoms with Gasteiger partial charge in [-0.3, -0.25) is 0 Å². The summed E-state index contributed by atoms with van der Waals surface area (Å²) in [7, 11) is 0. The summed E-state index contributed by atoms with van der Waals surface area (Å²) in [6, 6.07) is 0. The second-order valence-electron chi connectivity index (χ2n) is 10.1. The van der Waals surface area contributed by atoms with Crippen LogP contribution in [-0.2, 0) is 4.74 Å². The van der Waals surface area contributed by atoms with Crippen LogP contribution in [0.15, 0.2) is 12.2 Å². The summed E-state index contributed by atoms with van der Waals surface area (Å²) in [5.74, 6) is -1.91. The van der Waals surface area contributed by atoms with Crippen molar-refractivity contribution in [2.45, 2.75) is 70.1 Å². The van der Waals surface area contributed by atoms with Crippen LogP contribution in [0.25, 0.3) is 0 Å². The summed E-state index contributed by atoms with van der Waals surface area (Å²) < 4.78 is 5.95. The number of hydrogen-bond acceptors (Lipinski definition) is 5. The topological polar surface area (TPSA) is 90.2 Å². The van der Waals surface area contributed by atoms with Crippen LogP contribution in [0.4, 0.5) is 0 Å². The maximum absolute atomic E-state index is 11.6. The molecule has 6 fully saturated rings. The van der Waals surface area contributed by atoms with Crippen LogP contribution in [0.1, 0.15) is 46.0 Å². The second-order valence-corrected chi connectivity index (χ2v) is 10.1. The third kappa shape index (κ3) is 1.49. The zero-order valence-corrected chi connectivity index (χ0v) is 15.1. The number of hydrogen-bond donors (Lipinski definition) is 4. The van der Waals surface area contributed by atoms with Gasteiger partial charge in [0.05, 0.1) is 24.2 Å². The lowest BCUT2D eigenvalue weighted by Gasteiger charge is -2.75. The van der Waals surface area contributed by atoms with Crippen LogP contribution < -0.4 is 0 Å². The maximum atomic E-state index is 11.6. The Hall–Kier alpha value is -0.460. The lowest BCUT2D eigenvalue weighted by Crippen LogP contribution is -2.84. The highest BCUT2D eigenvalue weighted by atomic mass is 16.6. The van der Waals surface area contributed by atoms with E-state index in [1.54, 1.807) is 0 Å². The van der Waals surface area contributed by atoms with Crippen molar-refractivity contribution < 1.29 is 25.2 Å². The van der Waals surface area contributed by atoms with Gasteiger partial charge in [-0.15, -0.1) is 0 Å². The Bertz CT molecular complexity index is 646. The fourth-order valence-electron chi connectivity index (χ4n) is 8.07. The summed E-state index contributed by atoms with van der Waals surface area (Å²) in [5.41, 5.74) is -0.996. The summed E-state index contributed by atoms with van der Waals surface area (Å²) in [6.45, 7) is 8.60. The smallest absolute Gasteiger partial charge is 0.201 e. The van der Waals surface area contributed by atoms with E-state index in [1.807, 2.05) is 0 Å². The monoisotopic (exact) mass is 350 g/mol. The molecule has 0 aromatic carbocycles. The van der Waals surface area contributed by atoms with E-state index < -0.39 is 34.9 Å². The van der Waals surface area contributed by atoms with Gasteiger partial charge in [0, 0.05) is 11.3 Å². The van der Waals surface area contributed by atoms with Crippen molar-refractivity contribution in [3.63, 3.8) is 0 Å². The third-order valence-electron chi connectivity index (χ3n) is 9.05. The molecule has 4 aliphatic carbocycles. The Morgan fingerprint density at radius 1 is 1.12 bits per heavy atom. The first-order valence-corrected chi connectivity index (χ1v) is 9.72. The van der Waals surface area contributed by atoms with E-state index >= 15 is 0 Å². The van der Waals surface area contributed by atoms with Gasteiger partial charge in [-0.05, 0) is 54.9 Å². The minimum atomic E-state index is -1.77. The van der Waals surface area contributed by atoms with Gasteiger partial charge in [0.2, 0.25) is 5.79 Å². The number of ether oxygens (including phenoxy) is 1. The van der Waals surface area contributed by atoms with Crippen LogP contribution in [0.5, 0.6) is 0 Å². The predicted molar refractivity (Wildman–Crippen MR) is 90.3 cm³/mol. The molecule has 0 radical (unpaired) electrons. The van der Waals surface area contributed by atoms with Crippen molar-refractivity contribution >= 4 is 0 Å². The molecule has 4 N–H and O–H groups in total. The Labute approximate surface area is 148 Å². The molecular formula is C20H30O5.